The van der Waals surface area contributed by atoms with E-state index in [9.17, 15) is 9.59 Å². The van der Waals surface area contributed by atoms with Gasteiger partial charge in [0.2, 0.25) is 5.91 Å². The van der Waals surface area contributed by atoms with Crippen molar-refractivity contribution in [2.45, 2.75) is 20.3 Å². The van der Waals surface area contributed by atoms with E-state index in [2.05, 4.69) is 24.1 Å². The maximum Gasteiger partial charge on any atom is 0.254 e. The number of amides is 2. The van der Waals surface area contributed by atoms with Gasteiger partial charge in [-0.1, -0.05) is 50.2 Å². The topological polar surface area (TPSA) is 52.6 Å². The average Bonchev–Trinajstić information content (AvgIpc) is 2.71. The summed E-state index contributed by atoms with van der Waals surface area (Å²) in [6.45, 7) is 7.72. The third-order valence-electron chi connectivity index (χ3n) is 4.50. The van der Waals surface area contributed by atoms with Gasteiger partial charge in [0.05, 0.1) is 0 Å². The van der Waals surface area contributed by atoms with Gasteiger partial charge in [-0.05, 0) is 50.3 Å². The molecule has 0 aliphatic rings. The number of hydrogen-bond donors (Lipinski definition) is 1. The number of anilines is 1. The molecule has 2 amide bonds. The monoisotopic (exact) mass is 367 g/mol. The SMILES string of the molecule is CCN(CC)CCCN(CC(=O)Nc1ccccc1)C(=O)c1ccccc1. The van der Waals surface area contributed by atoms with Crippen LogP contribution >= 0.6 is 0 Å². The fraction of sp³-hybridized carbons (Fsp3) is 0.364. The van der Waals surface area contributed by atoms with Gasteiger partial charge in [0.1, 0.15) is 6.54 Å². The molecule has 1 N–H and O–H groups in total. The molecule has 0 atom stereocenters. The Morgan fingerprint density at radius 2 is 1.44 bits per heavy atom. The first-order valence-electron chi connectivity index (χ1n) is 9.55. The van der Waals surface area contributed by atoms with Crippen LogP contribution in [-0.4, -0.2) is 54.3 Å². The zero-order chi connectivity index (χ0) is 19.5. The van der Waals surface area contributed by atoms with Crippen LogP contribution < -0.4 is 5.32 Å². The van der Waals surface area contributed by atoms with E-state index in [1.165, 1.54) is 0 Å². The number of nitrogens with zero attached hydrogens (tertiary/aromatic N) is 2. The van der Waals surface area contributed by atoms with Gasteiger partial charge in [0.25, 0.3) is 5.91 Å². The summed E-state index contributed by atoms with van der Waals surface area (Å²) in [6.07, 6.45) is 0.832. The number of para-hydroxylation sites is 1. The summed E-state index contributed by atoms with van der Waals surface area (Å²) in [4.78, 5) is 29.3. The molecule has 27 heavy (non-hydrogen) atoms. The first-order valence-corrected chi connectivity index (χ1v) is 9.55. The lowest BCUT2D eigenvalue weighted by Crippen LogP contribution is -2.39. The van der Waals surface area contributed by atoms with E-state index in [-0.39, 0.29) is 18.4 Å². The van der Waals surface area contributed by atoms with E-state index in [0.29, 0.717) is 12.1 Å². The number of nitrogens with one attached hydrogen (secondary N) is 1. The number of rotatable bonds is 10. The minimum Gasteiger partial charge on any atom is -0.329 e. The van der Waals surface area contributed by atoms with Crippen molar-refractivity contribution in [2.75, 3.05) is 38.0 Å². The minimum atomic E-state index is -0.187. The highest BCUT2D eigenvalue weighted by Gasteiger charge is 2.19. The summed E-state index contributed by atoms with van der Waals surface area (Å²) in [5.74, 6) is -0.299. The summed E-state index contributed by atoms with van der Waals surface area (Å²) in [5, 5.41) is 2.86. The number of hydrogen-bond acceptors (Lipinski definition) is 3. The molecule has 0 spiro atoms. The van der Waals surface area contributed by atoms with Crippen molar-refractivity contribution in [3.05, 3.63) is 66.2 Å². The Morgan fingerprint density at radius 1 is 0.852 bits per heavy atom. The molecule has 0 fully saturated rings. The Kier molecular flexibility index (Phi) is 8.52. The van der Waals surface area contributed by atoms with Crippen LogP contribution in [0.25, 0.3) is 0 Å². The predicted octanol–water partition coefficient (Wildman–Crippen LogP) is 3.50. The minimum absolute atomic E-state index is 0.0425. The Balaban J connectivity index is 2.01. The molecular formula is C22H29N3O2. The highest BCUT2D eigenvalue weighted by atomic mass is 16.2. The first-order chi connectivity index (χ1) is 13.1. The molecule has 0 aromatic heterocycles. The van der Waals surface area contributed by atoms with Gasteiger partial charge in [0.15, 0.2) is 0 Å². The van der Waals surface area contributed by atoms with Gasteiger partial charge in [-0.25, -0.2) is 0 Å². The molecule has 2 rings (SSSR count). The van der Waals surface area contributed by atoms with Gasteiger partial charge in [-0.3, -0.25) is 9.59 Å². The van der Waals surface area contributed by atoms with E-state index in [1.807, 2.05) is 48.5 Å². The maximum atomic E-state index is 12.9. The lowest BCUT2D eigenvalue weighted by Gasteiger charge is -2.24. The highest BCUT2D eigenvalue weighted by Crippen LogP contribution is 2.08. The molecule has 0 saturated carbocycles. The van der Waals surface area contributed by atoms with E-state index in [4.69, 9.17) is 0 Å². The Labute approximate surface area is 162 Å². The van der Waals surface area contributed by atoms with E-state index in [1.54, 1.807) is 17.0 Å². The molecule has 0 aliphatic carbocycles. The van der Waals surface area contributed by atoms with Crippen molar-refractivity contribution in [1.82, 2.24) is 9.80 Å². The summed E-state index contributed by atoms with van der Waals surface area (Å²) in [6, 6.07) is 18.4. The molecule has 2 aromatic carbocycles. The Bertz CT molecular complexity index is 700. The molecular weight excluding hydrogens is 338 g/mol. The van der Waals surface area contributed by atoms with E-state index in [0.717, 1.165) is 31.7 Å². The van der Waals surface area contributed by atoms with Gasteiger partial charge in [-0.15, -0.1) is 0 Å². The molecule has 0 unspecified atom stereocenters. The highest BCUT2D eigenvalue weighted by molar-refractivity contribution is 5.99. The second-order valence-electron chi connectivity index (χ2n) is 6.39. The molecule has 0 heterocycles. The van der Waals surface area contributed by atoms with Gasteiger partial charge < -0.3 is 15.1 Å². The summed E-state index contributed by atoms with van der Waals surface area (Å²) in [5.41, 5.74) is 1.34. The molecule has 0 bridgehead atoms. The zero-order valence-electron chi connectivity index (χ0n) is 16.2. The number of carbonyl (C=O) groups is 2. The van der Waals surface area contributed by atoms with Crippen molar-refractivity contribution >= 4 is 17.5 Å². The number of benzene rings is 2. The zero-order valence-corrected chi connectivity index (χ0v) is 16.2. The molecule has 5 nitrogen and oxygen atoms in total. The third-order valence-corrected chi connectivity index (χ3v) is 4.50. The molecule has 0 saturated heterocycles. The largest absolute Gasteiger partial charge is 0.329 e. The standard InChI is InChI=1S/C22H29N3O2/c1-3-24(4-2)16-11-17-25(22(27)19-12-7-5-8-13-19)18-21(26)23-20-14-9-6-10-15-20/h5-10,12-15H,3-4,11,16-18H2,1-2H3,(H,23,26). The van der Waals surface area contributed by atoms with Crippen LogP contribution in [0.1, 0.15) is 30.6 Å². The Morgan fingerprint density at radius 3 is 2.04 bits per heavy atom. The van der Waals surface area contributed by atoms with Crippen molar-refractivity contribution in [2.24, 2.45) is 0 Å². The third kappa shape index (κ3) is 6.87. The Hall–Kier alpha value is -2.66. The summed E-state index contributed by atoms with van der Waals surface area (Å²) >= 11 is 0. The average molecular weight is 367 g/mol. The summed E-state index contributed by atoms with van der Waals surface area (Å²) in [7, 11) is 0. The van der Waals surface area contributed by atoms with Gasteiger partial charge >= 0.3 is 0 Å². The second kappa shape index (κ2) is 11.1. The first kappa shape index (κ1) is 20.6. The molecule has 0 aliphatic heterocycles. The van der Waals surface area contributed by atoms with Crippen molar-refractivity contribution in [1.29, 1.82) is 0 Å². The smallest absolute Gasteiger partial charge is 0.254 e. The number of carbonyl (C=O) groups excluding carboxylic acids is 2. The van der Waals surface area contributed by atoms with E-state index < -0.39 is 0 Å². The fourth-order valence-corrected chi connectivity index (χ4v) is 2.94. The van der Waals surface area contributed by atoms with Crippen LogP contribution in [0.2, 0.25) is 0 Å². The molecule has 5 heteroatoms. The lowest BCUT2D eigenvalue weighted by atomic mass is 10.2. The van der Waals surface area contributed by atoms with Crippen LogP contribution in [0.5, 0.6) is 0 Å². The molecule has 0 radical (unpaired) electrons. The van der Waals surface area contributed by atoms with E-state index >= 15 is 0 Å². The van der Waals surface area contributed by atoms with Crippen LogP contribution in [0.15, 0.2) is 60.7 Å². The quantitative estimate of drug-likeness (QED) is 0.699. The molecule has 2 aromatic rings. The van der Waals surface area contributed by atoms with Gasteiger partial charge in [0, 0.05) is 17.8 Å². The van der Waals surface area contributed by atoms with Crippen LogP contribution in [0.4, 0.5) is 5.69 Å². The van der Waals surface area contributed by atoms with Crippen LogP contribution in [0, 0.1) is 0 Å². The van der Waals surface area contributed by atoms with Gasteiger partial charge in [-0.2, -0.15) is 0 Å². The van der Waals surface area contributed by atoms with Crippen molar-refractivity contribution in [3.63, 3.8) is 0 Å². The summed E-state index contributed by atoms with van der Waals surface area (Å²) < 4.78 is 0. The van der Waals surface area contributed by atoms with Crippen LogP contribution in [0.3, 0.4) is 0 Å². The molecule has 144 valence electrons. The van der Waals surface area contributed by atoms with Crippen molar-refractivity contribution in [3.8, 4) is 0 Å². The maximum absolute atomic E-state index is 12.9. The fourth-order valence-electron chi connectivity index (χ4n) is 2.94. The second-order valence-corrected chi connectivity index (χ2v) is 6.39. The normalized spacial score (nSPS) is 10.6. The lowest BCUT2D eigenvalue weighted by molar-refractivity contribution is -0.116. The van der Waals surface area contributed by atoms with Crippen molar-refractivity contribution < 1.29 is 9.59 Å². The van der Waals surface area contributed by atoms with Crippen LogP contribution in [-0.2, 0) is 4.79 Å². The predicted molar refractivity (Wildman–Crippen MR) is 110 cm³/mol.